The quantitative estimate of drug-likeness (QED) is 0.289. The van der Waals surface area contributed by atoms with Gasteiger partial charge in [0.05, 0.1) is 11.7 Å². The Balaban J connectivity index is 1.33. The van der Waals surface area contributed by atoms with E-state index in [0.717, 1.165) is 25.7 Å². The molecule has 0 radical (unpaired) electrons. The van der Waals surface area contributed by atoms with Gasteiger partial charge in [0.25, 0.3) is 5.91 Å². The molecule has 2 aliphatic rings. The second kappa shape index (κ2) is 10.1. The minimum absolute atomic E-state index is 0.180. The SMILES string of the molecule is N#CC(=CC1CC1)C(=O)N1CCCC1Cn1c(=O)n(-c2ccc(Oc3ccccc3)cc2)c2c(N)ncnc21. The number of anilines is 1. The number of carbonyl (C=O) groups is 1. The number of allylic oxidation sites excluding steroid dienone is 1. The predicted molar refractivity (Wildman–Crippen MR) is 145 cm³/mol. The summed E-state index contributed by atoms with van der Waals surface area (Å²) in [5.74, 6) is 1.55. The van der Waals surface area contributed by atoms with Crippen LogP contribution in [0.4, 0.5) is 5.82 Å². The van der Waals surface area contributed by atoms with Crippen molar-refractivity contribution in [2.75, 3.05) is 12.3 Å². The minimum atomic E-state index is -0.331. The maximum Gasteiger partial charge on any atom is 0.335 e. The van der Waals surface area contributed by atoms with E-state index in [1.54, 1.807) is 39.8 Å². The normalized spacial score (nSPS) is 17.4. The summed E-state index contributed by atoms with van der Waals surface area (Å²) in [6, 6.07) is 18.4. The summed E-state index contributed by atoms with van der Waals surface area (Å²) in [4.78, 5) is 37.3. The van der Waals surface area contributed by atoms with Gasteiger partial charge in [0.2, 0.25) is 0 Å². The van der Waals surface area contributed by atoms with E-state index in [9.17, 15) is 14.9 Å². The standard InChI is InChI=1S/C29H27N7O3/c30-16-20(15-19-8-9-19)28(37)34-14-4-5-22(34)17-35-27-25(26(31)32-18-33-27)36(29(35)38)21-10-12-24(13-11-21)39-23-6-2-1-3-7-23/h1-3,6-7,10-13,15,18-19,22H,4-5,8-9,14,17H2,(H2,31,32,33). The van der Waals surface area contributed by atoms with Crippen molar-refractivity contribution in [3.8, 4) is 23.3 Å². The Hall–Kier alpha value is -4.91. The number of benzene rings is 2. The first-order chi connectivity index (χ1) is 19.0. The average molecular weight is 522 g/mol. The van der Waals surface area contributed by atoms with Crippen molar-refractivity contribution < 1.29 is 9.53 Å². The molecular formula is C29H27N7O3. The number of aromatic nitrogens is 4. The number of hydrogen-bond acceptors (Lipinski definition) is 7. The number of likely N-dealkylation sites (tertiary alicyclic amines) is 1. The lowest BCUT2D eigenvalue weighted by molar-refractivity contribution is -0.127. The van der Waals surface area contributed by atoms with E-state index in [2.05, 4.69) is 16.0 Å². The molecule has 0 spiro atoms. The van der Waals surface area contributed by atoms with Gasteiger partial charge in [-0.05, 0) is 68.0 Å². The first kappa shape index (κ1) is 24.4. The number of hydrogen-bond donors (Lipinski definition) is 1. The van der Waals surface area contributed by atoms with Gasteiger partial charge in [-0.1, -0.05) is 24.3 Å². The highest BCUT2D eigenvalue weighted by Gasteiger charge is 2.33. The van der Waals surface area contributed by atoms with E-state index in [0.29, 0.717) is 40.8 Å². The molecule has 2 aromatic carbocycles. The lowest BCUT2D eigenvalue weighted by Crippen LogP contribution is -2.40. The summed E-state index contributed by atoms with van der Waals surface area (Å²) in [7, 11) is 0. The van der Waals surface area contributed by atoms with Crippen LogP contribution in [0.3, 0.4) is 0 Å². The van der Waals surface area contributed by atoms with Gasteiger partial charge >= 0.3 is 5.69 Å². The number of ether oxygens (including phenoxy) is 1. The monoisotopic (exact) mass is 521 g/mol. The zero-order chi connectivity index (χ0) is 26.9. The van der Waals surface area contributed by atoms with Gasteiger partial charge in [0.1, 0.15) is 35.0 Å². The van der Waals surface area contributed by atoms with Crippen molar-refractivity contribution >= 4 is 22.9 Å². The van der Waals surface area contributed by atoms with Crippen LogP contribution in [0.5, 0.6) is 11.5 Å². The van der Waals surface area contributed by atoms with Gasteiger partial charge in [-0.15, -0.1) is 0 Å². The maximum absolute atomic E-state index is 13.8. The number of fused-ring (bicyclic) bond motifs is 1. The van der Waals surface area contributed by atoms with E-state index in [1.807, 2.05) is 30.3 Å². The number of para-hydroxylation sites is 1. The van der Waals surface area contributed by atoms with Crippen LogP contribution in [-0.2, 0) is 11.3 Å². The molecule has 1 amide bonds. The molecule has 196 valence electrons. The zero-order valence-electron chi connectivity index (χ0n) is 21.2. The van der Waals surface area contributed by atoms with Crippen LogP contribution in [-0.4, -0.2) is 42.5 Å². The summed E-state index contributed by atoms with van der Waals surface area (Å²) in [5, 5.41) is 9.59. The number of nitriles is 1. The number of nitrogen functional groups attached to an aromatic ring is 1. The smallest absolute Gasteiger partial charge is 0.335 e. The van der Waals surface area contributed by atoms with Crippen molar-refractivity contribution in [3.63, 3.8) is 0 Å². The molecule has 2 N–H and O–H groups in total. The van der Waals surface area contributed by atoms with Crippen LogP contribution < -0.4 is 16.2 Å². The molecule has 1 aliphatic heterocycles. The second-order valence-corrected chi connectivity index (χ2v) is 9.89. The Bertz CT molecular complexity index is 1660. The molecule has 1 aliphatic carbocycles. The molecule has 10 nitrogen and oxygen atoms in total. The maximum atomic E-state index is 13.8. The highest BCUT2D eigenvalue weighted by Crippen LogP contribution is 2.32. The fourth-order valence-corrected chi connectivity index (χ4v) is 5.11. The average Bonchev–Trinajstić information content (AvgIpc) is 3.58. The van der Waals surface area contributed by atoms with Gasteiger partial charge in [0.15, 0.2) is 11.5 Å². The van der Waals surface area contributed by atoms with E-state index < -0.39 is 0 Å². The van der Waals surface area contributed by atoms with Crippen LogP contribution in [0.2, 0.25) is 0 Å². The first-order valence-corrected chi connectivity index (χ1v) is 13.0. The van der Waals surface area contributed by atoms with Gasteiger partial charge in [-0.3, -0.25) is 13.9 Å². The van der Waals surface area contributed by atoms with Crippen LogP contribution in [0.1, 0.15) is 25.7 Å². The van der Waals surface area contributed by atoms with Gasteiger partial charge in [0, 0.05) is 13.1 Å². The van der Waals surface area contributed by atoms with Crippen molar-refractivity contribution in [2.24, 2.45) is 5.92 Å². The molecule has 1 atom stereocenters. The molecule has 6 rings (SSSR count). The van der Waals surface area contributed by atoms with E-state index >= 15 is 0 Å². The highest BCUT2D eigenvalue weighted by molar-refractivity contribution is 5.97. The molecule has 3 heterocycles. The Morgan fingerprint density at radius 1 is 1.08 bits per heavy atom. The van der Waals surface area contributed by atoms with Gasteiger partial charge in [-0.25, -0.2) is 14.8 Å². The fourth-order valence-electron chi connectivity index (χ4n) is 5.11. The molecule has 2 aromatic heterocycles. The van der Waals surface area contributed by atoms with Crippen molar-refractivity contribution in [2.45, 2.75) is 38.3 Å². The summed E-state index contributed by atoms with van der Waals surface area (Å²) >= 11 is 0. The summed E-state index contributed by atoms with van der Waals surface area (Å²) in [6.07, 6.45) is 6.66. The molecule has 0 bridgehead atoms. The molecular weight excluding hydrogens is 494 g/mol. The third-order valence-corrected chi connectivity index (χ3v) is 7.21. The van der Waals surface area contributed by atoms with Gasteiger partial charge < -0.3 is 15.4 Å². The Kier molecular flexibility index (Phi) is 6.32. The Morgan fingerprint density at radius 3 is 2.54 bits per heavy atom. The zero-order valence-corrected chi connectivity index (χ0v) is 21.2. The van der Waals surface area contributed by atoms with E-state index in [-0.39, 0.29) is 35.6 Å². The number of nitrogens with two attached hydrogens (primary N) is 1. The highest BCUT2D eigenvalue weighted by atomic mass is 16.5. The first-order valence-electron chi connectivity index (χ1n) is 13.0. The largest absolute Gasteiger partial charge is 0.457 e. The second-order valence-electron chi connectivity index (χ2n) is 9.89. The summed E-state index contributed by atoms with van der Waals surface area (Å²) < 4.78 is 8.93. The number of nitrogens with zero attached hydrogens (tertiary/aromatic N) is 6. The number of carbonyl (C=O) groups excluding carboxylic acids is 1. The number of rotatable bonds is 7. The van der Waals surface area contributed by atoms with E-state index in [4.69, 9.17) is 10.5 Å². The molecule has 1 unspecified atom stereocenters. The van der Waals surface area contributed by atoms with Crippen molar-refractivity contribution in [1.82, 2.24) is 24.0 Å². The van der Waals surface area contributed by atoms with Crippen molar-refractivity contribution in [1.29, 1.82) is 5.26 Å². The number of imidazole rings is 1. The van der Waals surface area contributed by atoms with E-state index in [1.165, 1.54) is 10.9 Å². The third kappa shape index (κ3) is 4.75. The Morgan fingerprint density at radius 2 is 1.82 bits per heavy atom. The summed E-state index contributed by atoms with van der Waals surface area (Å²) in [6.45, 7) is 0.780. The number of amides is 1. The topological polar surface area (TPSA) is 132 Å². The molecule has 1 saturated heterocycles. The molecule has 4 aromatic rings. The van der Waals surface area contributed by atoms with Gasteiger partial charge in [-0.2, -0.15) is 5.26 Å². The van der Waals surface area contributed by atoms with Crippen LogP contribution in [0, 0.1) is 17.2 Å². The molecule has 39 heavy (non-hydrogen) atoms. The van der Waals surface area contributed by atoms with Crippen LogP contribution in [0.25, 0.3) is 16.9 Å². The van der Waals surface area contributed by atoms with Crippen molar-refractivity contribution in [3.05, 3.63) is 83.1 Å². The fraction of sp³-hybridized carbons (Fsp3) is 0.276. The summed E-state index contributed by atoms with van der Waals surface area (Å²) in [5.41, 5.74) is 7.48. The lowest BCUT2D eigenvalue weighted by atomic mass is 10.1. The van der Waals surface area contributed by atoms with Crippen LogP contribution in [0.15, 0.2) is 77.4 Å². The minimum Gasteiger partial charge on any atom is -0.457 e. The van der Waals surface area contributed by atoms with Crippen LogP contribution >= 0.6 is 0 Å². The predicted octanol–water partition coefficient (Wildman–Crippen LogP) is 3.81. The molecule has 10 heteroatoms. The lowest BCUT2D eigenvalue weighted by Gasteiger charge is -2.24. The third-order valence-electron chi connectivity index (χ3n) is 7.21. The molecule has 2 fully saturated rings. The Labute approximate surface area is 224 Å². The molecule has 1 saturated carbocycles.